The molecule has 3 amide bonds. The summed E-state index contributed by atoms with van der Waals surface area (Å²) in [5, 5.41) is 3.70. The first kappa shape index (κ1) is 24.3. The van der Waals surface area contributed by atoms with Crippen molar-refractivity contribution in [2.45, 2.75) is 25.1 Å². The van der Waals surface area contributed by atoms with E-state index in [-0.39, 0.29) is 36.5 Å². The van der Waals surface area contributed by atoms with Gasteiger partial charge in [0.1, 0.15) is 19.8 Å². The minimum absolute atomic E-state index is 0.0402. The highest BCUT2D eigenvalue weighted by molar-refractivity contribution is 6.07. The van der Waals surface area contributed by atoms with Crippen LogP contribution in [0.3, 0.4) is 0 Å². The van der Waals surface area contributed by atoms with Crippen molar-refractivity contribution >= 4 is 23.4 Å². The van der Waals surface area contributed by atoms with Gasteiger partial charge in [0.15, 0.2) is 0 Å². The van der Waals surface area contributed by atoms with Crippen molar-refractivity contribution in [1.29, 1.82) is 0 Å². The van der Waals surface area contributed by atoms with Crippen molar-refractivity contribution in [2.24, 2.45) is 5.16 Å². The van der Waals surface area contributed by atoms with Crippen LogP contribution < -0.4 is 0 Å². The summed E-state index contributed by atoms with van der Waals surface area (Å²) in [6.07, 6.45) is -2.93. The van der Waals surface area contributed by atoms with Crippen LogP contribution in [0.25, 0.3) is 0 Å². The van der Waals surface area contributed by atoms with Crippen molar-refractivity contribution in [1.82, 2.24) is 14.8 Å². The lowest BCUT2D eigenvalue weighted by Crippen LogP contribution is -2.56. The molecule has 0 aliphatic carbocycles. The van der Waals surface area contributed by atoms with E-state index in [1.807, 2.05) is 0 Å². The van der Waals surface area contributed by atoms with Crippen LogP contribution >= 0.6 is 0 Å². The van der Waals surface area contributed by atoms with E-state index < -0.39 is 42.6 Å². The Bertz CT molecular complexity index is 1180. The van der Waals surface area contributed by atoms with Gasteiger partial charge in [-0.15, -0.1) is 0 Å². The summed E-state index contributed by atoms with van der Waals surface area (Å²) in [6, 6.07) is 6.97. The van der Waals surface area contributed by atoms with E-state index in [9.17, 15) is 31.9 Å². The molecule has 2 aromatic rings. The summed E-state index contributed by atoms with van der Waals surface area (Å²) in [7, 11) is 0. The summed E-state index contributed by atoms with van der Waals surface area (Å²) >= 11 is 0. The molecule has 0 saturated carbocycles. The van der Waals surface area contributed by atoms with Gasteiger partial charge in [0, 0.05) is 23.5 Å². The number of rotatable bonds is 5. The first-order valence-corrected chi connectivity index (χ1v) is 10.6. The third-order valence-electron chi connectivity index (χ3n) is 5.95. The van der Waals surface area contributed by atoms with Gasteiger partial charge in [-0.05, 0) is 36.2 Å². The van der Waals surface area contributed by atoms with Crippen LogP contribution in [0.15, 0.2) is 47.9 Å². The fraction of sp³-hybridized carbons (Fsp3) is 0.348. The van der Waals surface area contributed by atoms with Gasteiger partial charge in [0.25, 0.3) is 11.5 Å². The summed E-state index contributed by atoms with van der Waals surface area (Å²) in [4.78, 5) is 47.8. The number of hydrogen-bond acceptors (Lipinski definition) is 6. The number of aryl methyl sites for hydroxylation is 1. The van der Waals surface area contributed by atoms with E-state index in [0.717, 1.165) is 16.0 Å². The van der Waals surface area contributed by atoms with Crippen LogP contribution in [0.4, 0.5) is 17.6 Å². The van der Waals surface area contributed by atoms with Gasteiger partial charge >= 0.3 is 6.18 Å². The number of oxime groups is 1. The molecule has 3 heterocycles. The number of carbonyl (C=O) groups excluding carboxylic acids is 3. The smallest absolute Gasteiger partial charge is 0.374 e. The van der Waals surface area contributed by atoms with Gasteiger partial charge in [0.05, 0.1) is 18.7 Å². The summed E-state index contributed by atoms with van der Waals surface area (Å²) < 4.78 is 54.7. The number of nitrogens with zero attached hydrogens (tertiary/aromatic N) is 4. The van der Waals surface area contributed by atoms with Crippen LogP contribution in [0.2, 0.25) is 0 Å². The van der Waals surface area contributed by atoms with Crippen LogP contribution in [-0.2, 0) is 20.0 Å². The maximum absolute atomic E-state index is 14.0. The largest absolute Gasteiger partial charge is 0.435 e. The molecule has 12 heteroatoms. The number of imide groups is 1. The summed E-state index contributed by atoms with van der Waals surface area (Å²) in [5.41, 5.74) is -1.92. The number of piperazine rings is 1. The van der Waals surface area contributed by atoms with Crippen molar-refractivity contribution in [3.05, 3.63) is 65.0 Å². The highest BCUT2D eigenvalue weighted by Gasteiger charge is 2.62. The van der Waals surface area contributed by atoms with Crippen LogP contribution in [0.5, 0.6) is 0 Å². The topological polar surface area (TPSA) is 92.2 Å². The summed E-state index contributed by atoms with van der Waals surface area (Å²) in [6.45, 7) is -0.433. The van der Waals surface area contributed by atoms with Crippen LogP contribution in [0.1, 0.15) is 33.5 Å². The fourth-order valence-electron chi connectivity index (χ4n) is 4.08. The van der Waals surface area contributed by atoms with Gasteiger partial charge < -0.3 is 9.74 Å². The van der Waals surface area contributed by atoms with E-state index in [1.54, 1.807) is 6.92 Å². The molecule has 2 aliphatic heterocycles. The molecule has 0 bridgehead atoms. The third-order valence-corrected chi connectivity index (χ3v) is 5.95. The number of pyridine rings is 1. The Morgan fingerprint density at radius 2 is 1.89 bits per heavy atom. The fourth-order valence-corrected chi connectivity index (χ4v) is 4.08. The first-order valence-electron chi connectivity index (χ1n) is 10.6. The Labute approximate surface area is 197 Å². The second-order valence-electron chi connectivity index (χ2n) is 8.19. The molecule has 1 aromatic carbocycles. The lowest BCUT2D eigenvalue weighted by Gasteiger charge is -2.32. The van der Waals surface area contributed by atoms with Gasteiger partial charge in [0.2, 0.25) is 11.8 Å². The molecule has 2 aliphatic rings. The monoisotopic (exact) mass is 492 g/mol. The third kappa shape index (κ3) is 4.35. The molecule has 1 unspecified atom stereocenters. The first-order chi connectivity index (χ1) is 16.6. The molecule has 1 saturated heterocycles. The Morgan fingerprint density at radius 1 is 1.17 bits per heavy atom. The molecule has 8 nitrogen and oxygen atoms in total. The zero-order valence-corrected chi connectivity index (χ0v) is 18.5. The van der Waals surface area contributed by atoms with Gasteiger partial charge in [-0.1, -0.05) is 17.3 Å². The Balaban J connectivity index is 1.55. The molecule has 0 spiro atoms. The molecule has 1 aromatic heterocycles. The molecule has 184 valence electrons. The number of alkyl halides is 4. The van der Waals surface area contributed by atoms with Crippen molar-refractivity contribution in [3.8, 4) is 0 Å². The van der Waals surface area contributed by atoms with Crippen LogP contribution in [0, 0.1) is 6.92 Å². The van der Waals surface area contributed by atoms with E-state index in [2.05, 4.69) is 10.1 Å². The minimum Gasteiger partial charge on any atom is -0.374 e. The Hall–Kier alpha value is -3.83. The molecular weight excluding hydrogens is 472 g/mol. The molecule has 4 rings (SSSR count). The SMILES string of the molecule is Cc1cc(C2=NOC(c3cccnc3)(C(F)(F)F)C2)ccc1C(=O)N1CC(=O)N(CCF)C(=O)C1. The number of amides is 3. The lowest BCUT2D eigenvalue weighted by atomic mass is 9.87. The normalized spacial score (nSPS) is 20.7. The summed E-state index contributed by atoms with van der Waals surface area (Å²) in [5.74, 6) is -1.96. The van der Waals surface area contributed by atoms with E-state index in [1.165, 1.54) is 36.5 Å². The van der Waals surface area contributed by atoms with E-state index >= 15 is 0 Å². The quantitative estimate of drug-likeness (QED) is 0.473. The predicted molar refractivity (Wildman–Crippen MR) is 114 cm³/mol. The molecule has 1 fully saturated rings. The lowest BCUT2D eigenvalue weighted by molar-refractivity contribution is -0.276. The number of carbonyl (C=O) groups is 3. The van der Waals surface area contributed by atoms with Crippen molar-refractivity contribution in [2.75, 3.05) is 26.3 Å². The molecule has 35 heavy (non-hydrogen) atoms. The number of benzene rings is 1. The molecular formula is C23H20F4N4O4. The number of halogens is 4. The standard InChI is InChI=1S/C23H20F4N4O4/c1-14-9-15(18-10-22(35-29-18,23(25,26)27)16-3-2-7-28-11-16)4-5-17(14)21(34)30-12-19(32)31(8-6-24)20(33)13-30/h2-5,7,9,11H,6,8,10,12-13H2,1H3. The molecule has 0 radical (unpaired) electrons. The number of hydrogen-bond donors (Lipinski definition) is 0. The average molecular weight is 492 g/mol. The van der Waals surface area contributed by atoms with Gasteiger partial charge in [-0.25, -0.2) is 4.39 Å². The number of aromatic nitrogens is 1. The highest BCUT2D eigenvalue weighted by Crippen LogP contribution is 2.48. The van der Waals surface area contributed by atoms with Crippen molar-refractivity contribution in [3.63, 3.8) is 0 Å². The maximum atomic E-state index is 14.0. The zero-order chi connectivity index (χ0) is 25.4. The van der Waals surface area contributed by atoms with E-state index in [4.69, 9.17) is 4.84 Å². The maximum Gasteiger partial charge on any atom is 0.435 e. The zero-order valence-electron chi connectivity index (χ0n) is 18.5. The van der Waals surface area contributed by atoms with Gasteiger partial charge in [-0.3, -0.25) is 24.3 Å². The minimum atomic E-state index is -4.77. The Morgan fingerprint density at radius 3 is 2.46 bits per heavy atom. The molecule has 0 N–H and O–H groups in total. The van der Waals surface area contributed by atoms with Crippen molar-refractivity contribution < 1.29 is 36.8 Å². The van der Waals surface area contributed by atoms with E-state index in [0.29, 0.717) is 11.1 Å². The van der Waals surface area contributed by atoms with Crippen LogP contribution in [-0.4, -0.2) is 70.7 Å². The van der Waals surface area contributed by atoms with Gasteiger partial charge in [-0.2, -0.15) is 13.2 Å². The Kier molecular flexibility index (Phi) is 6.30. The average Bonchev–Trinajstić information content (AvgIpc) is 3.28. The highest BCUT2D eigenvalue weighted by atomic mass is 19.4. The predicted octanol–water partition coefficient (Wildman–Crippen LogP) is 2.75. The molecule has 1 atom stereocenters. The second-order valence-corrected chi connectivity index (χ2v) is 8.19. The second kappa shape index (κ2) is 9.08.